The fourth-order valence-electron chi connectivity index (χ4n) is 2.69. The highest BCUT2D eigenvalue weighted by Crippen LogP contribution is 2.32. The number of halogens is 1. The minimum Gasteiger partial charge on any atom is -0.504 e. The van der Waals surface area contributed by atoms with Crippen LogP contribution in [0, 0.1) is 0 Å². The molecule has 1 aliphatic heterocycles. The number of hydrogen-bond acceptors (Lipinski definition) is 5. The molecular formula is C15H25ClN2O3. The topological polar surface area (TPSA) is 65.0 Å². The first kappa shape index (κ1) is 18.0. The van der Waals surface area contributed by atoms with E-state index in [-0.39, 0.29) is 30.8 Å². The van der Waals surface area contributed by atoms with Crippen molar-refractivity contribution >= 4 is 12.4 Å². The van der Waals surface area contributed by atoms with Crippen molar-refractivity contribution in [1.29, 1.82) is 0 Å². The second-order valence-electron chi connectivity index (χ2n) is 4.97. The predicted molar refractivity (Wildman–Crippen MR) is 85.4 cm³/mol. The van der Waals surface area contributed by atoms with Crippen LogP contribution in [-0.2, 0) is 0 Å². The van der Waals surface area contributed by atoms with Crippen molar-refractivity contribution in [2.24, 2.45) is 0 Å². The molecule has 0 amide bonds. The molecule has 3 N–H and O–H groups in total. The molecule has 1 heterocycles. The number of phenolic OH excluding ortho intramolecular Hbond substituents is 1. The van der Waals surface area contributed by atoms with Gasteiger partial charge in [0.25, 0.3) is 0 Å². The van der Waals surface area contributed by atoms with E-state index in [4.69, 9.17) is 4.74 Å². The first-order chi connectivity index (χ1) is 9.76. The van der Waals surface area contributed by atoms with E-state index in [0.29, 0.717) is 18.8 Å². The lowest BCUT2D eigenvalue weighted by molar-refractivity contribution is 0.141. The van der Waals surface area contributed by atoms with Crippen LogP contribution in [0.3, 0.4) is 0 Å². The summed E-state index contributed by atoms with van der Waals surface area (Å²) >= 11 is 0. The van der Waals surface area contributed by atoms with Crippen LogP contribution in [-0.4, -0.2) is 54.5 Å². The second-order valence-corrected chi connectivity index (χ2v) is 4.97. The molecule has 120 valence electrons. The number of aromatic hydroxyl groups is 1. The molecule has 1 saturated heterocycles. The number of aliphatic hydroxyl groups excluding tert-OH is 1. The van der Waals surface area contributed by atoms with Crippen molar-refractivity contribution in [3.8, 4) is 11.5 Å². The molecule has 0 saturated carbocycles. The van der Waals surface area contributed by atoms with Gasteiger partial charge in [0.05, 0.1) is 6.61 Å². The number of nitrogens with one attached hydrogen (secondary N) is 1. The summed E-state index contributed by atoms with van der Waals surface area (Å²) in [6, 6.07) is 5.65. The van der Waals surface area contributed by atoms with Crippen LogP contribution in [0.2, 0.25) is 0 Å². The molecule has 5 nitrogen and oxygen atoms in total. The predicted octanol–water partition coefficient (Wildman–Crippen LogP) is 1.54. The Hall–Kier alpha value is -1.01. The molecule has 1 atom stereocenters. The van der Waals surface area contributed by atoms with Gasteiger partial charge >= 0.3 is 0 Å². The number of phenols is 1. The van der Waals surface area contributed by atoms with Gasteiger partial charge in [-0.1, -0.05) is 6.07 Å². The van der Waals surface area contributed by atoms with Crippen LogP contribution in [0.25, 0.3) is 0 Å². The molecule has 0 spiro atoms. The van der Waals surface area contributed by atoms with Gasteiger partial charge in [0.15, 0.2) is 11.5 Å². The molecule has 0 aromatic heterocycles. The van der Waals surface area contributed by atoms with Crippen LogP contribution in [0.4, 0.5) is 0 Å². The zero-order valence-corrected chi connectivity index (χ0v) is 13.2. The molecule has 1 aliphatic rings. The highest BCUT2D eigenvalue weighted by molar-refractivity contribution is 5.85. The molecule has 0 bridgehead atoms. The lowest BCUT2D eigenvalue weighted by atomic mass is 10.0. The van der Waals surface area contributed by atoms with E-state index < -0.39 is 0 Å². The number of rotatable bonds is 6. The minimum atomic E-state index is 0. The second kappa shape index (κ2) is 9.10. The van der Waals surface area contributed by atoms with E-state index >= 15 is 0 Å². The highest BCUT2D eigenvalue weighted by Gasteiger charge is 2.22. The Balaban J connectivity index is 0.00000220. The zero-order chi connectivity index (χ0) is 14.4. The average Bonchev–Trinajstić information content (AvgIpc) is 2.48. The van der Waals surface area contributed by atoms with E-state index in [9.17, 15) is 10.2 Å². The molecule has 21 heavy (non-hydrogen) atoms. The Bertz CT molecular complexity index is 425. The number of piperazine rings is 1. The van der Waals surface area contributed by atoms with E-state index in [2.05, 4.69) is 10.2 Å². The first-order valence-electron chi connectivity index (χ1n) is 7.27. The van der Waals surface area contributed by atoms with Crippen molar-refractivity contribution < 1.29 is 14.9 Å². The van der Waals surface area contributed by atoms with Gasteiger partial charge in [-0.2, -0.15) is 0 Å². The number of nitrogens with zero attached hydrogens (tertiary/aromatic N) is 1. The van der Waals surface area contributed by atoms with E-state index in [1.165, 1.54) is 0 Å². The summed E-state index contributed by atoms with van der Waals surface area (Å²) in [5.41, 5.74) is 1.09. The van der Waals surface area contributed by atoms with Crippen molar-refractivity contribution in [2.75, 3.05) is 39.4 Å². The van der Waals surface area contributed by atoms with Crippen LogP contribution >= 0.6 is 12.4 Å². The quantitative estimate of drug-likeness (QED) is 0.743. The molecule has 6 heteroatoms. The van der Waals surface area contributed by atoms with Crippen molar-refractivity contribution in [3.05, 3.63) is 23.8 Å². The average molecular weight is 317 g/mol. The Morgan fingerprint density at radius 1 is 1.33 bits per heavy atom. The molecule has 0 radical (unpaired) electrons. The summed E-state index contributed by atoms with van der Waals surface area (Å²) in [5.74, 6) is 0.682. The standard InChI is InChI=1S/C15H24N2O3.ClH/c1-2-20-15-11-12(3-4-14(15)19)13(5-10-18)17-8-6-16-7-9-17;/h3-4,11,13,16,18-19H,2,5-10H2,1H3;1H/t13-;/m0./s1. The fraction of sp³-hybridized carbons (Fsp3) is 0.600. The summed E-state index contributed by atoms with van der Waals surface area (Å²) in [7, 11) is 0. The maximum atomic E-state index is 9.79. The Labute approximate surface area is 132 Å². The van der Waals surface area contributed by atoms with E-state index in [1.807, 2.05) is 19.1 Å². The SMILES string of the molecule is CCOc1cc([C@H](CCO)N2CCNCC2)ccc1O.Cl. The third kappa shape index (κ3) is 4.74. The van der Waals surface area contributed by atoms with Gasteiger partial charge in [0.2, 0.25) is 0 Å². The number of hydrogen-bond donors (Lipinski definition) is 3. The van der Waals surface area contributed by atoms with E-state index in [1.54, 1.807) is 6.07 Å². The zero-order valence-electron chi connectivity index (χ0n) is 12.4. The third-order valence-corrected chi connectivity index (χ3v) is 3.66. The maximum Gasteiger partial charge on any atom is 0.161 e. The van der Waals surface area contributed by atoms with E-state index in [0.717, 1.165) is 31.7 Å². The smallest absolute Gasteiger partial charge is 0.161 e. The maximum absolute atomic E-state index is 9.79. The summed E-state index contributed by atoms with van der Waals surface area (Å²) in [6.07, 6.45) is 0.691. The molecule has 2 rings (SSSR count). The van der Waals surface area contributed by atoms with Gasteiger partial charge in [0, 0.05) is 38.8 Å². The van der Waals surface area contributed by atoms with Gasteiger partial charge in [-0.05, 0) is 31.0 Å². The lowest BCUT2D eigenvalue weighted by Gasteiger charge is -2.35. The summed E-state index contributed by atoms with van der Waals surface area (Å²) in [6.45, 7) is 6.45. The van der Waals surface area contributed by atoms with Crippen molar-refractivity contribution in [1.82, 2.24) is 10.2 Å². The Kier molecular flexibility index (Phi) is 7.82. The Morgan fingerprint density at radius 2 is 2.05 bits per heavy atom. The summed E-state index contributed by atoms with van der Waals surface area (Å²) < 4.78 is 5.45. The van der Waals surface area contributed by atoms with Crippen LogP contribution in [0.1, 0.15) is 24.9 Å². The normalized spacial score (nSPS) is 17.0. The molecular weight excluding hydrogens is 292 g/mol. The Morgan fingerprint density at radius 3 is 2.67 bits per heavy atom. The van der Waals surface area contributed by atoms with Gasteiger partial charge in [-0.15, -0.1) is 12.4 Å². The first-order valence-corrected chi connectivity index (χ1v) is 7.27. The summed E-state index contributed by atoms with van der Waals surface area (Å²) in [5, 5.41) is 22.5. The molecule has 0 unspecified atom stereocenters. The third-order valence-electron chi connectivity index (χ3n) is 3.66. The minimum absolute atomic E-state index is 0. The van der Waals surface area contributed by atoms with Crippen molar-refractivity contribution in [2.45, 2.75) is 19.4 Å². The largest absolute Gasteiger partial charge is 0.504 e. The molecule has 1 aromatic rings. The van der Waals surface area contributed by atoms with Crippen LogP contribution < -0.4 is 10.1 Å². The molecule has 1 fully saturated rings. The van der Waals surface area contributed by atoms with Gasteiger partial charge in [0.1, 0.15) is 0 Å². The van der Waals surface area contributed by atoms with Crippen LogP contribution in [0.15, 0.2) is 18.2 Å². The molecule has 0 aliphatic carbocycles. The van der Waals surface area contributed by atoms with Gasteiger partial charge < -0.3 is 20.3 Å². The monoisotopic (exact) mass is 316 g/mol. The van der Waals surface area contributed by atoms with Crippen molar-refractivity contribution in [3.63, 3.8) is 0 Å². The number of ether oxygens (including phenoxy) is 1. The summed E-state index contributed by atoms with van der Waals surface area (Å²) in [4.78, 5) is 2.37. The van der Waals surface area contributed by atoms with Crippen LogP contribution in [0.5, 0.6) is 11.5 Å². The van der Waals surface area contributed by atoms with Gasteiger partial charge in [-0.3, -0.25) is 4.90 Å². The number of benzene rings is 1. The lowest BCUT2D eigenvalue weighted by Crippen LogP contribution is -2.45. The molecule has 1 aromatic carbocycles. The van der Waals surface area contributed by atoms with Gasteiger partial charge in [-0.25, -0.2) is 0 Å². The fourth-order valence-corrected chi connectivity index (χ4v) is 2.69. The number of aliphatic hydroxyl groups is 1. The highest BCUT2D eigenvalue weighted by atomic mass is 35.5.